The number of fused-ring (bicyclic) bond motifs is 1. The fourth-order valence-corrected chi connectivity index (χ4v) is 4.36. The van der Waals surface area contributed by atoms with Crippen LogP contribution in [0.3, 0.4) is 0 Å². The van der Waals surface area contributed by atoms with Gasteiger partial charge in [-0.15, -0.1) is 11.3 Å². The number of hydrogen-bond acceptors (Lipinski definition) is 4. The summed E-state index contributed by atoms with van der Waals surface area (Å²) in [5.74, 6) is 1.67. The number of carbonyl (C=O) groups excluding carboxylic acids is 1. The van der Waals surface area contributed by atoms with E-state index >= 15 is 0 Å². The molecular weight excluding hydrogens is 282 g/mol. The summed E-state index contributed by atoms with van der Waals surface area (Å²) < 4.78 is 0. The zero-order chi connectivity index (χ0) is 14.7. The Labute approximate surface area is 130 Å². The minimum Gasteiger partial charge on any atom is -0.273 e. The summed E-state index contributed by atoms with van der Waals surface area (Å²) in [6.45, 7) is 1.95. The molecule has 2 atom stereocenters. The molecule has 114 valence electrons. The molecule has 1 amide bonds. The van der Waals surface area contributed by atoms with E-state index in [2.05, 4.69) is 15.5 Å². The highest BCUT2D eigenvalue weighted by Crippen LogP contribution is 2.39. The monoisotopic (exact) mass is 305 g/mol. The van der Waals surface area contributed by atoms with Crippen molar-refractivity contribution in [3.8, 4) is 0 Å². The van der Waals surface area contributed by atoms with E-state index in [1.165, 1.54) is 49.2 Å². The summed E-state index contributed by atoms with van der Waals surface area (Å²) in [6, 6.07) is 0. The van der Waals surface area contributed by atoms with E-state index in [0.29, 0.717) is 6.42 Å². The highest BCUT2D eigenvalue weighted by atomic mass is 32.1. The van der Waals surface area contributed by atoms with Crippen molar-refractivity contribution in [2.24, 2.45) is 16.9 Å². The lowest BCUT2D eigenvalue weighted by Crippen LogP contribution is -2.30. The molecule has 0 unspecified atom stereocenters. The minimum atomic E-state index is -0.0531. The first-order valence-corrected chi connectivity index (χ1v) is 8.84. The zero-order valence-electron chi connectivity index (χ0n) is 12.6. The van der Waals surface area contributed by atoms with Crippen molar-refractivity contribution in [1.29, 1.82) is 0 Å². The Kier molecular flexibility index (Phi) is 4.68. The van der Waals surface area contributed by atoms with Gasteiger partial charge >= 0.3 is 0 Å². The highest BCUT2D eigenvalue weighted by molar-refractivity contribution is 7.09. The van der Waals surface area contributed by atoms with Crippen molar-refractivity contribution in [2.75, 3.05) is 0 Å². The molecule has 0 aromatic carbocycles. The molecule has 0 aliphatic heterocycles. The van der Waals surface area contributed by atoms with Crippen LogP contribution in [0.1, 0.15) is 55.6 Å². The molecule has 2 aliphatic carbocycles. The lowest BCUT2D eigenvalue weighted by molar-refractivity contribution is -0.120. The lowest BCUT2D eigenvalue weighted by Gasteiger charge is -2.35. The van der Waals surface area contributed by atoms with Gasteiger partial charge in [0, 0.05) is 16.8 Å². The van der Waals surface area contributed by atoms with Gasteiger partial charge in [-0.1, -0.05) is 19.3 Å². The van der Waals surface area contributed by atoms with Gasteiger partial charge in [-0.05, 0) is 44.4 Å². The molecule has 0 bridgehead atoms. The van der Waals surface area contributed by atoms with Crippen LogP contribution in [-0.4, -0.2) is 16.6 Å². The van der Waals surface area contributed by atoms with Gasteiger partial charge in [0.15, 0.2) is 0 Å². The third kappa shape index (κ3) is 3.90. The Morgan fingerprint density at radius 2 is 2.19 bits per heavy atom. The van der Waals surface area contributed by atoms with E-state index in [-0.39, 0.29) is 5.91 Å². The van der Waals surface area contributed by atoms with Crippen LogP contribution in [0.25, 0.3) is 0 Å². The Hall–Kier alpha value is -1.23. The van der Waals surface area contributed by atoms with Crippen molar-refractivity contribution in [3.05, 3.63) is 16.1 Å². The average molecular weight is 305 g/mol. The Morgan fingerprint density at radius 1 is 1.38 bits per heavy atom. The third-order valence-corrected chi connectivity index (χ3v) is 5.65. The van der Waals surface area contributed by atoms with Gasteiger partial charge < -0.3 is 0 Å². The number of aromatic nitrogens is 1. The maximum Gasteiger partial charge on any atom is 0.246 e. The summed E-state index contributed by atoms with van der Waals surface area (Å²) in [5, 5.41) is 7.20. The number of nitrogens with one attached hydrogen (secondary N) is 1. The fraction of sp³-hybridized carbons (Fsp3) is 0.688. The van der Waals surface area contributed by atoms with Gasteiger partial charge in [0.1, 0.15) is 5.01 Å². The van der Waals surface area contributed by atoms with Gasteiger partial charge in [0.25, 0.3) is 0 Å². The minimum absolute atomic E-state index is 0.0531. The van der Waals surface area contributed by atoms with Gasteiger partial charge in [0.2, 0.25) is 5.91 Å². The Balaban J connectivity index is 1.50. The van der Waals surface area contributed by atoms with Crippen molar-refractivity contribution in [3.63, 3.8) is 0 Å². The first-order valence-electron chi connectivity index (χ1n) is 7.96. The van der Waals surface area contributed by atoms with E-state index < -0.39 is 0 Å². The number of aryl methyl sites for hydroxylation is 1. The second-order valence-corrected chi connectivity index (χ2v) is 7.26. The molecule has 2 fully saturated rings. The van der Waals surface area contributed by atoms with Crippen molar-refractivity contribution in [1.82, 2.24) is 10.4 Å². The first kappa shape index (κ1) is 14.7. The second kappa shape index (κ2) is 6.69. The molecule has 0 radical (unpaired) electrons. The number of amides is 1. The molecule has 5 heteroatoms. The van der Waals surface area contributed by atoms with E-state index in [1.807, 2.05) is 12.3 Å². The van der Waals surface area contributed by atoms with Crippen LogP contribution in [0.2, 0.25) is 0 Å². The van der Waals surface area contributed by atoms with Crippen LogP contribution >= 0.6 is 11.3 Å². The second-order valence-electron chi connectivity index (χ2n) is 6.32. The molecular formula is C16H23N3OS. The molecule has 1 aromatic rings. The van der Waals surface area contributed by atoms with E-state index in [9.17, 15) is 4.79 Å². The molecule has 0 spiro atoms. The summed E-state index contributed by atoms with van der Waals surface area (Å²) >= 11 is 1.53. The topological polar surface area (TPSA) is 54.4 Å². The molecule has 21 heavy (non-hydrogen) atoms. The summed E-state index contributed by atoms with van der Waals surface area (Å²) in [4.78, 5) is 16.2. The quantitative estimate of drug-likeness (QED) is 0.870. The van der Waals surface area contributed by atoms with Crippen LogP contribution in [0.4, 0.5) is 0 Å². The van der Waals surface area contributed by atoms with Crippen LogP contribution in [0.15, 0.2) is 10.5 Å². The van der Waals surface area contributed by atoms with E-state index in [0.717, 1.165) is 35.4 Å². The molecule has 3 rings (SSSR count). The van der Waals surface area contributed by atoms with Crippen LogP contribution in [0, 0.1) is 18.8 Å². The predicted octanol–water partition coefficient (Wildman–Crippen LogP) is 3.46. The average Bonchev–Trinajstić information content (AvgIpc) is 2.90. The Morgan fingerprint density at radius 3 is 2.95 bits per heavy atom. The molecule has 1 heterocycles. The molecule has 1 aromatic heterocycles. The van der Waals surface area contributed by atoms with Crippen LogP contribution in [0.5, 0.6) is 0 Å². The maximum absolute atomic E-state index is 11.9. The fourth-order valence-electron chi connectivity index (χ4n) is 3.59. The number of hydrazone groups is 1. The first-order chi connectivity index (χ1) is 10.2. The molecule has 2 aliphatic rings. The number of hydrogen-bond donors (Lipinski definition) is 1. The van der Waals surface area contributed by atoms with Gasteiger partial charge in [0.05, 0.1) is 6.42 Å². The molecule has 4 nitrogen and oxygen atoms in total. The predicted molar refractivity (Wildman–Crippen MR) is 85.4 cm³/mol. The van der Waals surface area contributed by atoms with Crippen LogP contribution in [-0.2, 0) is 11.2 Å². The van der Waals surface area contributed by atoms with Crippen LogP contribution < -0.4 is 5.43 Å². The molecule has 1 N–H and O–H groups in total. The number of rotatable bonds is 3. The smallest absolute Gasteiger partial charge is 0.246 e. The third-order valence-electron chi connectivity index (χ3n) is 4.69. The number of thiazole rings is 1. The SMILES string of the molecule is Cc1csc(CC(=O)N/N=C2\CC[C@@H]3CCCC[C@@H]3C2)n1. The Bertz CT molecular complexity index is 537. The van der Waals surface area contributed by atoms with E-state index in [1.54, 1.807) is 0 Å². The lowest BCUT2D eigenvalue weighted by atomic mass is 9.70. The summed E-state index contributed by atoms with van der Waals surface area (Å²) in [7, 11) is 0. The number of nitrogens with zero attached hydrogens (tertiary/aromatic N) is 2. The summed E-state index contributed by atoms with van der Waals surface area (Å²) in [6.07, 6.45) is 9.23. The van der Waals surface area contributed by atoms with Crippen molar-refractivity contribution in [2.45, 2.75) is 58.3 Å². The zero-order valence-corrected chi connectivity index (χ0v) is 13.4. The molecule has 0 saturated heterocycles. The van der Waals surface area contributed by atoms with Crippen molar-refractivity contribution >= 4 is 23.0 Å². The molecule has 2 saturated carbocycles. The van der Waals surface area contributed by atoms with Crippen molar-refractivity contribution < 1.29 is 4.79 Å². The van der Waals surface area contributed by atoms with Gasteiger partial charge in [-0.25, -0.2) is 10.4 Å². The van der Waals surface area contributed by atoms with Gasteiger partial charge in [-0.2, -0.15) is 5.10 Å². The highest BCUT2D eigenvalue weighted by Gasteiger charge is 2.30. The van der Waals surface area contributed by atoms with E-state index in [4.69, 9.17) is 0 Å². The largest absolute Gasteiger partial charge is 0.273 e. The maximum atomic E-state index is 11.9. The van der Waals surface area contributed by atoms with Gasteiger partial charge in [-0.3, -0.25) is 4.79 Å². The number of carbonyl (C=O) groups is 1. The summed E-state index contributed by atoms with van der Waals surface area (Å²) in [5.41, 5.74) is 4.88. The normalized spacial score (nSPS) is 27.4. The standard InChI is InChI=1S/C16H23N3OS/c1-11-10-21-16(17-11)9-15(20)19-18-14-7-6-12-4-2-3-5-13(12)8-14/h10,12-13H,2-9H2,1H3,(H,19,20)/b18-14+/t12-,13+/m0/s1.